The van der Waals surface area contributed by atoms with Crippen LogP contribution in [0.4, 0.5) is 0 Å². The average molecular weight is 316 g/mol. The molecule has 1 unspecified atom stereocenters. The van der Waals surface area contributed by atoms with Crippen LogP contribution in [0.15, 0.2) is 59.5 Å². The van der Waals surface area contributed by atoms with Crippen LogP contribution in [-0.4, -0.2) is 27.0 Å². The largest absolute Gasteiger partial charge is 0.392 e. The molecule has 4 heteroatoms. The second kappa shape index (κ2) is 8.01. The van der Waals surface area contributed by atoms with E-state index < -0.39 is 16.9 Å². The fourth-order valence-corrected chi connectivity index (χ4v) is 3.26. The van der Waals surface area contributed by atoms with Gasteiger partial charge in [0.25, 0.3) is 0 Å². The summed E-state index contributed by atoms with van der Waals surface area (Å²) in [6.07, 6.45) is -0.156. The third-order valence-corrected chi connectivity index (χ3v) is 4.91. The molecule has 0 heterocycles. The zero-order valence-electron chi connectivity index (χ0n) is 12.6. The number of aliphatic hydroxyl groups is 1. The molecular formula is C18H20O3S. The number of carbonyl (C=O) groups is 1. The molecule has 0 aliphatic carbocycles. The second-order valence-corrected chi connectivity index (χ2v) is 6.80. The maximum atomic E-state index is 12.1. The summed E-state index contributed by atoms with van der Waals surface area (Å²) in [7, 11) is -1.24. The molecule has 2 rings (SSSR count). The predicted octanol–water partition coefficient (Wildman–Crippen LogP) is 3.13. The van der Waals surface area contributed by atoms with Crippen molar-refractivity contribution in [3.63, 3.8) is 0 Å². The van der Waals surface area contributed by atoms with Crippen LogP contribution in [0, 0.1) is 6.92 Å². The molecule has 2 aromatic rings. The number of hydrogen-bond acceptors (Lipinski definition) is 3. The number of aryl methyl sites for hydroxylation is 1. The van der Waals surface area contributed by atoms with Gasteiger partial charge >= 0.3 is 0 Å². The van der Waals surface area contributed by atoms with Crippen molar-refractivity contribution in [2.75, 3.05) is 5.75 Å². The average Bonchev–Trinajstić information content (AvgIpc) is 2.54. The quantitative estimate of drug-likeness (QED) is 0.799. The normalized spacial score (nSPS) is 13.5. The molecule has 3 nitrogen and oxygen atoms in total. The molecule has 22 heavy (non-hydrogen) atoms. The van der Waals surface area contributed by atoms with Crippen LogP contribution in [0.5, 0.6) is 0 Å². The van der Waals surface area contributed by atoms with Gasteiger partial charge in [0.1, 0.15) is 0 Å². The van der Waals surface area contributed by atoms with Gasteiger partial charge in [0.15, 0.2) is 5.78 Å². The molecule has 0 radical (unpaired) electrons. The van der Waals surface area contributed by atoms with E-state index in [2.05, 4.69) is 0 Å². The summed E-state index contributed by atoms with van der Waals surface area (Å²) in [6, 6.07) is 16.4. The first-order chi connectivity index (χ1) is 10.6. The Morgan fingerprint density at radius 2 is 1.73 bits per heavy atom. The van der Waals surface area contributed by atoms with Crippen LogP contribution in [0.1, 0.15) is 28.8 Å². The van der Waals surface area contributed by atoms with E-state index in [4.69, 9.17) is 0 Å². The van der Waals surface area contributed by atoms with Crippen molar-refractivity contribution in [1.82, 2.24) is 0 Å². The van der Waals surface area contributed by atoms with E-state index in [0.29, 0.717) is 16.9 Å². The first-order valence-electron chi connectivity index (χ1n) is 7.27. The Kier molecular flexibility index (Phi) is 6.04. The third kappa shape index (κ3) is 4.90. The molecule has 0 saturated heterocycles. The highest BCUT2D eigenvalue weighted by Gasteiger charge is 2.14. The van der Waals surface area contributed by atoms with E-state index in [-0.39, 0.29) is 18.0 Å². The molecule has 0 fully saturated rings. The molecule has 0 aliphatic rings. The Morgan fingerprint density at radius 1 is 1.09 bits per heavy atom. The Balaban J connectivity index is 1.83. The highest BCUT2D eigenvalue weighted by atomic mass is 32.2. The number of benzene rings is 2. The molecule has 0 bridgehead atoms. The van der Waals surface area contributed by atoms with Crippen molar-refractivity contribution in [3.05, 3.63) is 65.7 Å². The number of Topliss-reactive ketones (excluding diaryl/α,β-unsaturated/α-hetero) is 1. The molecule has 2 aromatic carbocycles. The minimum Gasteiger partial charge on any atom is -0.392 e. The van der Waals surface area contributed by atoms with Crippen molar-refractivity contribution in [2.24, 2.45) is 0 Å². The highest BCUT2D eigenvalue weighted by Crippen LogP contribution is 2.12. The van der Waals surface area contributed by atoms with Gasteiger partial charge in [-0.25, -0.2) is 0 Å². The summed E-state index contributed by atoms with van der Waals surface area (Å²) >= 11 is 0. The van der Waals surface area contributed by atoms with E-state index in [1.165, 1.54) is 0 Å². The predicted molar refractivity (Wildman–Crippen MR) is 88.5 cm³/mol. The van der Waals surface area contributed by atoms with Crippen LogP contribution in [0.3, 0.4) is 0 Å². The van der Waals surface area contributed by atoms with Gasteiger partial charge in [-0.15, -0.1) is 0 Å². The summed E-state index contributed by atoms with van der Waals surface area (Å²) in [6.45, 7) is 1.97. The minimum absolute atomic E-state index is 0.000711. The maximum absolute atomic E-state index is 12.1. The van der Waals surface area contributed by atoms with Gasteiger partial charge in [-0.2, -0.15) is 0 Å². The fourth-order valence-electron chi connectivity index (χ4n) is 2.11. The van der Waals surface area contributed by atoms with Gasteiger partial charge in [0, 0.05) is 16.9 Å². The Labute approximate surface area is 133 Å². The molecule has 2 atom stereocenters. The van der Waals surface area contributed by atoms with Crippen molar-refractivity contribution in [2.45, 2.75) is 30.8 Å². The van der Waals surface area contributed by atoms with E-state index in [0.717, 1.165) is 5.56 Å². The Bertz CT molecular complexity index is 635. The fraction of sp³-hybridized carbons (Fsp3) is 0.278. The standard InChI is InChI=1S/C18H20O3S/c1-14-7-10-17(11-8-14)22(21)13-16(19)9-12-18(20)15-5-3-2-4-6-15/h2-8,10-11,16,19H,9,12-13H2,1H3/t16-,22?/m1/s1. The second-order valence-electron chi connectivity index (χ2n) is 5.31. The Hall–Kier alpha value is -1.78. The first kappa shape index (κ1) is 16.6. The van der Waals surface area contributed by atoms with Gasteiger partial charge in [0.05, 0.1) is 22.7 Å². The van der Waals surface area contributed by atoms with Gasteiger partial charge in [-0.1, -0.05) is 48.0 Å². The van der Waals surface area contributed by atoms with Gasteiger partial charge in [0.2, 0.25) is 0 Å². The molecule has 116 valence electrons. The lowest BCUT2D eigenvalue weighted by atomic mass is 10.1. The van der Waals surface area contributed by atoms with Crippen molar-refractivity contribution in [3.8, 4) is 0 Å². The Morgan fingerprint density at radius 3 is 2.36 bits per heavy atom. The van der Waals surface area contributed by atoms with Crippen LogP contribution < -0.4 is 0 Å². The number of hydrogen-bond donors (Lipinski definition) is 1. The van der Waals surface area contributed by atoms with E-state index >= 15 is 0 Å². The molecule has 1 N–H and O–H groups in total. The van der Waals surface area contributed by atoms with Gasteiger partial charge < -0.3 is 5.11 Å². The summed E-state index contributed by atoms with van der Waals surface area (Å²) in [5.74, 6) is 0.159. The molecule has 0 aliphatic heterocycles. The lowest BCUT2D eigenvalue weighted by Crippen LogP contribution is -2.18. The topological polar surface area (TPSA) is 54.4 Å². The van der Waals surface area contributed by atoms with Crippen molar-refractivity contribution >= 4 is 16.6 Å². The molecule has 0 amide bonds. The van der Waals surface area contributed by atoms with Crippen molar-refractivity contribution in [1.29, 1.82) is 0 Å². The highest BCUT2D eigenvalue weighted by molar-refractivity contribution is 7.85. The van der Waals surface area contributed by atoms with Crippen LogP contribution in [0.2, 0.25) is 0 Å². The van der Waals surface area contributed by atoms with Gasteiger partial charge in [-0.05, 0) is 25.5 Å². The van der Waals surface area contributed by atoms with Crippen molar-refractivity contribution < 1.29 is 14.1 Å². The number of aliphatic hydroxyl groups excluding tert-OH is 1. The molecule has 0 saturated carbocycles. The third-order valence-electron chi connectivity index (χ3n) is 3.43. The summed E-state index contributed by atoms with van der Waals surface area (Å²) in [5.41, 5.74) is 1.75. The van der Waals surface area contributed by atoms with Crippen LogP contribution in [-0.2, 0) is 10.8 Å². The molecule has 0 spiro atoms. The first-order valence-corrected chi connectivity index (χ1v) is 8.59. The molecular weight excluding hydrogens is 296 g/mol. The summed E-state index contributed by atoms with van der Waals surface area (Å²) in [4.78, 5) is 12.7. The van der Waals surface area contributed by atoms with Crippen LogP contribution in [0.25, 0.3) is 0 Å². The lowest BCUT2D eigenvalue weighted by molar-refractivity contribution is 0.0951. The minimum atomic E-state index is -1.24. The van der Waals surface area contributed by atoms with E-state index in [1.54, 1.807) is 12.1 Å². The summed E-state index contributed by atoms with van der Waals surface area (Å²) in [5, 5.41) is 9.99. The molecule has 0 aromatic heterocycles. The number of carbonyl (C=O) groups excluding carboxylic acids is 1. The lowest BCUT2D eigenvalue weighted by Gasteiger charge is -2.10. The van der Waals surface area contributed by atoms with E-state index in [9.17, 15) is 14.1 Å². The smallest absolute Gasteiger partial charge is 0.162 e. The maximum Gasteiger partial charge on any atom is 0.162 e. The zero-order valence-corrected chi connectivity index (χ0v) is 13.4. The van der Waals surface area contributed by atoms with E-state index in [1.807, 2.05) is 49.4 Å². The van der Waals surface area contributed by atoms with Crippen LogP contribution >= 0.6 is 0 Å². The monoisotopic (exact) mass is 316 g/mol. The SMILES string of the molecule is Cc1ccc(S(=O)C[C@H](O)CCC(=O)c2ccccc2)cc1. The summed E-state index contributed by atoms with van der Waals surface area (Å²) < 4.78 is 12.1. The number of ketones is 1. The number of rotatable bonds is 7. The zero-order chi connectivity index (χ0) is 15.9. The van der Waals surface area contributed by atoms with Gasteiger partial charge in [-0.3, -0.25) is 9.00 Å².